The Labute approximate surface area is 111 Å². The molecule has 19 heavy (non-hydrogen) atoms. The van der Waals surface area contributed by atoms with E-state index in [0.29, 0.717) is 18.8 Å². The Kier molecular flexibility index (Phi) is 3.21. The van der Waals surface area contributed by atoms with E-state index in [1.165, 1.54) is 0 Å². The molecule has 1 saturated heterocycles. The molecule has 100 valence electrons. The largest absolute Gasteiger partial charge is 0.326 e. The summed E-state index contributed by atoms with van der Waals surface area (Å²) in [5, 5.41) is 8.94. The molecule has 3 N–H and O–H groups in total. The highest BCUT2D eigenvalue weighted by atomic mass is 16.2. The molecule has 3 rings (SSSR count). The third-order valence-corrected chi connectivity index (χ3v) is 3.65. The number of fused-ring (bicyclic) bond motifs is 1. The summed E-state index contributed by atoms with van der Waals surface area (Å²) in [4.78, 5) is 23.2. The lowest BCUT2D eigenvalue weighted by atomic mass is 10.0. The molecule has 1 unspecified atom stereocenters. The molecule has 0 aromatic heterocycles. The van der Waals surface area contributed by atoms with Crippen molar-refractivity contribution in [3.05, 3.63) is 23.8 Å². The fraction of sp³-hybridized carbons (Fsp3) is 0.429. The Balaban J connectivity index is 1.62. The minimum Gasteiger partial charge on any atom is -0.326 e. The van der Waals surface area contributed by atoms with Crippen LogP contribution >= 0.6 is 0 Å². The molecule has 2 heterocycles. The summed E-state index contributed by atoms with van der Waals surface area (Å²) < 4.78 is 0. The number of carbonyl (C=O) groups excluding carboxylic acids is 2. The van der Waals surface area contributed by atoms with Crippen molar-refractivity contribution in [1.29, 1.82) is 0 Å². The number of anilines is 2. The van der Waals surface area contributed by atoms with E-state index in [4.69, 9.17) is 0 Å². The Morgan fingerprint density at radius 1 is 1.42 bits per heavy atom. The Morgan fingerprint density at radius 3 is 3.11 bits per heavy atom. The quantitative estimate of drug-likeness (QED) is 0.762. The van der Waals surface area contributed by atoms with Crippen LogP contribution in [-0.2, 0) is 16.0 Å². The maximum absolute atomic E-state index is 11.9. The molecule has 1 atom stereocenters. The van der Waals surface area contributed by atoms with Gasteiger partial charge < -0.3 is 16.0 Å². The summed E-state index contributed by atoms with van der Waals surface area (Å²) in [7, 11) is 0. The summed E-state index contributed by atoms with van der Waals surface area (Å²) in [6, 6.07) is 5.54. The van der Waals surface area contributed by atoms with E-state index in [1.807, 2.05) is 18.2 Å². The Morgan fingerprint density at radius 2 is 2.32 bits per heavy atom. The van der Waals surface area contributed by atoms with Gasteiger partial charge in [0.25, 0.3) is 0 Å². The number of carbonyl (C=O) groups is 2. The maximum atomic E-state index is 11.9. The predicted octanol–water partition coefficient (Wildman–Crippen LogP) is 1.12. The van der Waals surface area contributed by atoms with Crippen LogP contribution in [-0.4, -0.2) is 24.9 Å². The van der Waals surface area contributed by atoms with Crippen LogP contribution in [0, 0.1) is 5.92 Å². The van der Waals surface area contributed by atoms with E-state index >= 15 is 0 Å². The second-order valence-electron chi connectivity index (χ2n) is 5.21. The lowest BCUT2D eigenvalue weighted by molar-refractivity contribution is -0.117. The highest BCUT2D eigenvalue weighted by molar-refractivity contribution is 6.00. The molecule has 1 aromatic carbocycles. The SMILES string of the molecule is O=C(CC1CCNC1)Nc1ccc2c(c1)CC(=O)N2. The topological polar surface area (TPSA) is 70.2 Å². The highest BCUT2D eigenvalue weighted by Gasteiger charge is 2.20. The monoisotopic (exact) mass is 259 g/mol. The van der Waals surface area contributed by atoms with Crippen LogP contribution in [0.1, 0.15) is 18.4 Å². The molecule has 0 spiro atoms. The van der Waals surface area contributed by atoms with Crippen molar-refractivity contribution >= 4 is 23.2 Å². The fourth-order valence-electron chi connectivity index (χ4n) is 2.67. The zero-order valence-electron chi connectivity index (χ0n) is 10.7. The first-order chi connectivity index (χ1) is 9.20. The van der Waals surface area contributed by atoms with E-state index in [0.717, 1.165) is 36.4 Å². The van der Waals surface area contributed by atoms with Crippen LogP contribution in [0.2, 0.25) is 0 Å². The predicted molar refractivity (Wildman–Crippen MR) is 73.0 cm³/mol. The van der Waals surface area contributed by atoms with E-state index in [1.54, 1.807) is 0 Å². The molecular weight excluding hydrogens is 242 g/mol. The number of benzene rings is 1. The van der Waals surface area contributed by atoms with Crippen LogP contribution in [0.15, 0.2) is 18.2 Å². The highest BCUT2D eigenvalue weighted by Crippen LogP contribution is 2.26. The van der Waals surface area contributed by atoms with Crippen molar-refractivity contribution in [2.75, 3.05) is 23.7 Å². The molecule has 2 aliphatic heterocycles. The van der Waals surface area contributed by atoms with Crippen LogP contribution in [0.3, 0.4) is 0 Å². The number of amides is 2. The van der Waals surface area contributed by atoms with Crippen LogP contribution in [0.25, 0.3) is 0 Å². The molecule has 2 amide bonds. The van der Waals surface area contributed by atoms with Crippen LogP contribution in [0.5, 0.6) is 0 Å². The van der Waals surface area contributed by atoms with Crippen molar-refractivity contribution in [3.63, 3.8) is 0 Å². The van der Waals surface area contributed by atoms with Crippen LogP contribution in [0.4, 0.5) is 11.4 Å². The van der Waals surface area contributed by atoms with Crippen molar-refractivity contribution in [1.82, 2.24) is 5.32 Å². The summed E-state index contributed by atoms with van der Waals surface area (Å²) in [5.41, 5.74) is 2.57. The van der Waals surface area contributed by atoms with Gasteiger partial charge in [-0.1, -0.05) is 0 Å². The Bertz CT molecular complexity index is 521. The molecule has 2 aliphatic rings. The minimum atomic E-state index is 0.00973. The average Bonchev–Trinajstić information content (AvgIpc) is 2.96. The molecule has 1 aromatic rings. The second kappa shape index (κ2) is 5.01. The van der Waals surface area contributed by atoms with E-state index in [2.05, 4.69) is 16.0 Å². The van der Waals surface area contributed by atoms with Gasteiger partial charge in [-0.3, -0.25) is 9.59 Å². The standard InChI is InChI=1S/C14H17N3O2/c18-13(5-9-3-4-15-8-9)16-11-1-2-12-10(6-11)7-14(19)17-12/h1-2,6,9,15H,3-5,7-8H2,(H,16,18)(H,17,19). The lowest BCUT2D eigenvalue weighted by Gasteiger charge is -2.10. The zero-order chi connectivity index (χ0) is 13.2. The maximum Gasteiger partial charge on any atom is 0.228 e. The number of nitrogens with one attached hydrogen (secondary N) is 3. The van der Waals surface area contributed by atoms with Crippen molar-refractivity contribution in [2.24, 2.45) is 5.92 Å². The van der Waals surface area contributed by atoms with Gasteiger partial charge >= 0.3 is 0 Å². The van der Waals surface area contributed by atoms with Crippen molar-refractivity contribution in [2.45, 2.75) is 19.3 Å². The van der Waals surface area contributed by atoms with Gasteiger partial charge in [0, 0.05) is 17.8 Å². The van der Waals surface area contributed by atoms with Gasteiger partial charge in [-0.2, -0.15) is 0 Å². The zero-order valence-corrected chi connectivity index (χ0v) is 10.7. The van der Waals surface area contributed by atoms with E-state index in [-0.39, 0.29) is 11.8 Å². The third kappa shape index (κ3) is 2.76. The third-order valence-electron chi connectivity index (χ3n) is 3.65. The van der Waals surface area contributed by atoms with Crippen molar-refractivity contribution in [3.8, 4) is 0 Å². The molecular formula is C14H17N3O2. The second-order valence-corrected chi connectivity index (χ2v) is 5.21. The fourth-order valence-corrected chi connectivity index (χ4v) is 2.67. The van der Waals surface area contributed by atoms with Crippen molar-refractivity contribution < 1.29 is 9.59 Å². The normalized spacial score (nSPS) is 21.1. The lowest BCUT2D eigenvalue weighted by Crippen LogP contribution is -2.18. The van der Waals surface area contributed by atoms with Gasteiger partial charge in [0.2, 0.25) is 11.8 Å². The summed E-state index contributed by atoms with van der Waals surface area (Å²) in [6.45, 7) is 1.93. The van der Waals surface area contributed by atoms with E-state index < -0.39 is 0 Å². The van der Waals surface area contributed by atoms with Gasteiger partial charge in [0.1, 0.15) is 0 Å². The van der Waals surface area contributed by atoms with Gasteiger partial charge in [-0.25, -0.2) is 0 Å². The molecule has 1 fully saturated rings. The summed E-state index contributed by atoms with van der Waals surface area (Å²) in [5.74, 6) is 0.499. The molecule has 5 heteroatoms. The first-order valence-corrected chi connectivity index (χ1v) is 6.64. The molecule has 0 bridgehead atoms. The number of hydrogen-bond donors (Lipinski definition) is 3. The van der Waals surface area contributed by atoms with Gasteiger partial charge in [-0.15, -0.1) is 0 Å². The summed E-state index contributed by atoms with van der Waals surface area (Å²) in [6.07, 6.45) is 2.02. The summed E-state index contributed by atoms with van der Waals surface area (Å²) >= 11 is 0. The first kappa shape index (κ1) is 12.2. The van der Waals surface area contributed by atoms with Gasteiger partial charge in [0.15, 0.2) is 0 Å². The van der Waals surface area contributed by atoms with E-state index in [9.17, 15) is 9.59 Å². The van der Waals surface area contributed by atoms with Crippen LogP contribution < -0.4 is 16.0 Å². The number of rotatable bonds is 3. The average molecular weight is 259 g/mol. The van der Waals surface area contributed by atoms with Gasteiger partial charge in [-0.05, 0) is 49.2 Å². The molecule has 0 aliphatic carbocycles. The number of hydrogen-bond acceptors (Lipinski definition) is 3. The minimum absolute atomic E-state index is 0.00973. The molecule has 0 saturated carbocycles. The smallest absolute Gasteiger partial charge is 0.228 e. The first-order valence-electron chi connectivity index (χ1n) is 6.64. The van der Waals surface area contributed by atoms with Gasteiger partial charge in [0.05, 0.1) is 6.42 Å². The molecule has 0 radical (unpaired) electrons. The Hall–Kier alpha value is -1.88. The molecule has 5 nitrogen and oxygen atoms in total.